The van der Waals surface area contributed by atoms with Gasteiger partial charge in [0.05, 0.1) is 11.1 Å². The molecule has 2 N–H and O–H groups in total. The van der Waals surface area contributed by atoms with E-state index >= 15 is 0 Å². The number of fused-ring (bicyclic) bond motifs is 2. The van der Waals surface area contributed by atoms with Gasteiger partial charge in [-0.3, -0.25) is 4.79 Å². The van der Waals surface area contributed by atoms with Crippen LogP contribution in [0.15, 0.2) is 42.5 Å². The lowest BCUT2D eigenvalue weighted by atomic mass is 9.69. The number of nitrogens with zero attached hydrogens (tertiary/aromatic N) is 1. The predicted molar refractivity (Wildman–Crippen MR) is 110 cm³/mol. The Morgan fingerprint density at radius 3 is 2.57 bits per heavy atom. The fraction of sp³-hybridized carbons (Fsp3) is 0.273. The largest absolute Gasteiger partial charge is 0.508 e. The van der Waals surface area contributed by atoms with Crippen LogP contribution < -0.4 is 10.1 Å². The number of rotatable bonds is 3. The summed E-state index contributed by atoms with van der Waals surface area (Å²) >= 11 is 1.48. The van der Waals surface area contributed by atoms with E-state index in [1.165, 1.54) is 11.3 Å². The smallest absolute Gasteiger partial charge is 0.232 e. The molecule has 1 aliphatic rings. The number of phenols is 1. The summed E-state index contributed by atoms with van der Waals surface area (Å²) in [5.41, 5.74) is 1.98. The van der Waals surface area contributed by atoms with E-state index in [0.717, 1.165) is 21.7 Å². The van der Waals surface area contributed by atoms with Crippen molar-refractivity contribution in [2.75, 3.05) is 5.32 Å². The van der Waals surface area contributed by atoms with Crippen molar-refractivity contribution >= 4 is 22.4 Å². The van der Waals surface area contributed by atoms with Gasteiger partial charge in [0, 0.05) is 28.0 Å². The summed E-state index contributed by atoms with van der Waals surface area (Å²) in [7, 11) is 0. The summed E-state index contributed by atoms with van der Waals surface area (Å²) in [4.78, 5) is 18.8. The van der Waals surface area contributed by atoms with Crippen LogP contribution in [-0.2, 0) is 4.79 Å². The number of aromatic nitrogens is 1. The monoisotopic (exact) mass is 394 g/mol. The molecule has 0 aliphatic carbocycles. The predicted octanol–water partition coefficient (Wildman–Crippen LogP) is 5.37. The van der Waals surface area contributed by atoms with Crippen molar-refractivity contribution in [1.29, 1.82) is 0 Å². The van der Waals surface area contributed by atoms with E-state index in [9.17, 15) is 9.90 Å². The van der Waals surface area contributed by atoms with Crippen molar-refractivity contribution in [2.45, 2.75) is 33.6 Å². The fourth-order valence-corrected chi connectivity index (χ4v) is 4.45. The lowest BCUT2D eigenvalue weighted by Crippen LogP contribution is -2.38. The standard InChI is InChI=1S/C22H22N2O3S/c1-12-13(2)28-21(23-12)24-20(26)22(3,4)19-15-7-5-6-8-17(15)27-18-11-14(25)9-10-16(18)19/h5-11,19,25H,1-4H3,(H,23,24,26)/t19-/m1/s1. The first-order chi connectivity index (χ1) is 13.3. The van der Waals surface area contributed by atoms with Crippen LogP contribution in [0.2, 0.25) is 0 Å². The molecule has 2 heterocycles. The number of ether oxygens (including phenoxy) is 1. The van der Waals surface area contributed by atoms with Crippen LogP contribution in [0.3, 0.4) is 0 Å². The second kappa shape index (κ2) is 6.63. The average Bonchev–Trinajstić information content (AvgIpc) is 2.96. The summed E-state index contributed by atoms with van der Waals surface area (Å²) in [6.07, 6.45) is 0. The first-order valence-corrected chi connectivity index (χ1v) is 9.94. The molecule has 0 spiro atoms. The van der Waals surface area contributed by atoms with Crippen LogP contribution in [0.4, 0.5) is 5.13 Å². The lowest BCUT2D eigenvalue weighted by Gasteiger charge is -2.38. The minimum atomic E-state index is -0.779. The molecule has 1 aliphatic heterocycles. The van der Waals surface area contributed by atoms with Gasteiger partial charge in [-0.15, -0.1) is 11.3 Å². The van der Waals surface area contributed by atoms with E-state index < -0.39 is 5.41 Å². The molecule has 0 radical (unpaired) electrons. The number of phenolic OH excluding ortho intramolecular Hbond substituents is 1. The van der Waals surface area contributed by atoms with E-state index in [0.29, 0.717) is 16.6 Å². The molecular weight excluding hydrogens is 372 g/mol. The highest BCUT2D eigenvalue weighted by atomic mass is 32.1. The molecule has 4 rings (SSSR count). The Balaban J connectivity index is 1.77. The summed E-state index contributed by atoms with van der Waals surface area (Å²) in [5, 5.41) is 13.5. The molecule has 3 aromatic rings. The van der Waals surface area contributed by atoms with Crippen LogP contribution in [0, 0.1) is 19.3 Å². The third-order valence-electron chi connectivity index (χ3n) is 5.31. The second-order valence-electron chi connectivity index (χ2n) is 7.63. The number of thiazole rings is 1. The van der Waals surface area contributed by atoms with Gasteiger partial charge in [0.2, 0.25) is 5.91 Å². The van der Waals surface area contributed by atoms with Crippen molar-refractivity contribution in [3.05, 3.63) is 64.2 Å². The first kappa shape index (κ1) is 18.5. The SMILES string of the molecule is Cc1nc(NC(=O)C(C)(C)[C@@H]2c3ccccc3Oc3cc(O)ccc32)sc1C. The molecule has 0 fully saturated rings. The molecule has 28 heavy (non-hydrogen) atoms. The number of carbonyl (C=O) groups excluding carboxylic acids is 1. The van der Waals surface area contributed by atoms with Gasteiger partial charge in [0.25, 0.3) is 0 Å². The molecule has 1 amide bonds. The third-order valence-corrected chi connectivity index (χ3v) is 6.30. The van der Waals surface area contributed by atoms with Crippen molar-refractivity contribution in [1.82, 2.24) is 4.98 Å². The van der Waals surface area contributed by atoms with Gasteiger partial charge >= 0.3 is 0 Å². The molecule has 0 unspecified atom stereocenters. The number of anilines is 1. The number of hydrogen-bond donors (Lipinski definition) is 2. The fourth-order valence-electron chi connectivity index (χ4n) is 3.64. The minimum absolute atomic E-state index is 0.109. The zero-order valence-corrected chi connectivity index (χ0v) is 17.1. The highest BCUT2D eigenvalue weighted by Gasteiger charge is 2.43. The molecule has 0 bridgehead atoms. The Morgan fingerprint density at radius 1 is 1.14 bits per heavy atom. The topological polar surface area (TPSA) is 71.5 Å². The van der Waals surface area contributed by atoms with Crippen LogP contribution in [0.1, 0.15) is 41.5 Å². The maximum Gasteiger partial charge on any atom is 0.232 e. The molecule has 6 heteroatoms. The Kier molecular flexibility index (Phi) is 4.38. The van der Waals surface area contributed by atoms with Gasteiger partial charge in [0.1, 0.15) is 17.2 Å². The molecule has 0 saturated carbocycles. The normalized spacial score (nSPS) is 15.4. The van der Waals surface area contributed by atoms with E-state index in [1.54, 1.807) is 12.1 Å². The highest BCUT2D eigenvalue weighted by molar-refractivity contribution is 7.15. The van der Waals surface area contributed by atoms with E-state index in [-0.39, 0.29) is 17.6 Å². The van der Waals surface area contributed by atoms with E-state index in [1.807, 2.05) is 58.0 Å². The molecule has 1 atom stereocenters. The van der Waals surface area contributed by atoms with Gasteiger partial charge in [-0.2, -0.15) is 0 Å². The van der Waals surface area contributed by atoms with Gasteiger partial charge in [0.15, 0.2) is 5.13 Å². The number of hydrogen-bond acceptors (Lipinski definition) is 5. The number of nitrogens with one attached hydrogen (secondary N) is 1. The Labute approximate surface area is 168 Å². The van der Waals surface area contributed by atoms with Gasteiger partial charge in [-0.25, -0.2) is 4.98 Å². The Morgan fingerprint density at radius 2 is 1.86 bits per heavy atom. The molecular formula is C22H22N2O3S. The first-order valence-electron chi connectivity index (χ1n) is 9.12. The zero-order valence-electron chi connectivity index (χ0n) is 16.2. The van der Waals surface area contributed by atoms with Gasteiger partial charge < -0.3 is 15.2 Å². The van der Waals surface area contributed by atoms with Crippen molar-refractivity contribution in [3.8, 4) is 17.2 Å². The molecule has 144 valence electrons. The van der Waals surface area contributed by atoms with Gasteiger partial charge in [-0.05, 0) is 26.0 Å². The number of aromatic hydroxyl groups is 1. The second-order valence-corrected chi connectivity index (χ2v) is 8.83. The lowest BCUT2D eigenvalue weighted by molar-refractivity contribution is -0.124. The maximum atomic E-state index is 13.3. The highest BCUT2D eigenvalue weighted by Crippen LogP contribution is 2.52. The van der Waals surface area contributed by atoms with Crippen LogP contribution in [-0.4, -0.2) is 16.0 Å². The van der Waals surface area contributed by atoms with Crippen molar-refractivity contribution in [3.63, 3.8) is 0 Å². The molecule has 0 saturated heterocycles. The summed E-state index contributed by atoms with van der Waals surface area (Å²) in [6, 6.07) is 12.8. The van der Waals surface area contributed by atoms with Crippen molar-refractivity contribution < 1.29 is 14.6 Å². The average molecular weight is 394 g/mol. The summed E-state index contributed by atoms with van der Waals surface area (Å²) < 4.78 is 6.00. The zero-order chi connectivity index (χ0) is 20.1. The molecule has 5 nitrogen and oxygen atoms in total. The van der Waals surface area contributed by atoms with Crippen LogP contribution in [0.5, 0.6) is 17.2 Å². The van der Waals surface area contributed by atoms with E-state index in [2.05, 4.69) is 10.3 Å². The number of aryl methyl sites for hydroxylation is 2. The Hall–Kier alpha value is -2.86. The van der Waals surface area contributed by atoms with Crippen LogP contribution in [0.25, 0.3) is 0 Å². The number of para-hydroxylation sites is 1. The van der Waals surface area contributed by atoms with Crippen LogP contribution >= 0.6 is 11.3 Å². The number of benzene rings is 2. The minimum Gasteiger partial charge on any atom is -0.508 e. The number of amides is 1. The quantitative estimate of drug-likeness (QED) is 0.627. The van der Waals surface area contributed by atoms with Crippen molar-refractivity contribution in [2.24, 2.45) is 5.41 Å². The Bertz CT molecular complexity index is 1050. The maximum absolute atomic E-state index is 13.3. The summed E-state index contributed by atoms with van der Waals surface area (Å²) in [6.45, 7) is 7.79. The van der Waals surface area contributed by atoms with E-state index in [4.69, 9.17) is 4.74 Å². The third kappa shape index (κ3) is 3.03. The number of carbonyl (C=O) groups is 1. The molecule has 2 aromatic carbocycles. The molecule has 1 aromatic heterocycles. The summed E-state index contributed by atoms with van der Waals surface area (Å²) in [5.74, 6) is 1.07. The van der Waals surface area contributed by atoms with Gasteiger partial charge in [-0.1, -0.05) is 38.1 Å².